The lowest BCUT2D eigenvalue weighted by atomic mass is 10.1. The van der Waals surface area contributed by atoms with E-state index in [1.807, 2.05) is 19.1 Å². The first-order chi connectivity index (χ1) is 16.7. The van der Waals surface area contributed by atoms with Gasteiger partial charge in [0.25, 0.3) is 5.56 Å². The van der Waals surface area contributed by atoms with Gasteiger partial charge in [0, 0.05) is 23.8 Å². The molecule has 35 heavy (non-hydrogen) atoms. The molecule has 0 aliphatic carbocycles. The van der Waals surface area contributed by atoms with Crippen LogP contribution in [-0.2, 0) is 0 Å². The van der Waals surface area contributed by atoms with Crippen LogP contribution in [0.15, 0.2) is 48.1 Å². The molecule has 11 heteroatoms. The molecule has 0 radical (unpaired) electrons. The Kier molecular flexibility index (Phi) is 5.72. The number of aromatic hydroxyl groups is 1. The highest BCUT2D eigenvalue weighted by Crippen LogP contribution is 2.34. The van der Waals surface area contributed by atoms with Crippen molar-refractivity contribution in [3.05, 3.63) is 76.8 Å². The highest BCUT2D eigenvalue weighted by Gasteiger charge is 2.19. The molecule has 0 atom stereocenters. The van der Waals surface area contributed by atoms with Crippen molar-refractivity contribution >= 4 is 44.6 Å². The van der Waals surface area contributed by atoms with Gasteiger partial charge < -0.3 is 20.0 Å². The van der Waals surface area contributed by atoms with Crippen molar-refractivity contribution in [2.75, 3.05) is 18.0 Å². The van der Waals surface area contributed by atoms with Gasteiger partial charge in [0.1, 0.15) is 5.56 Å². The third kappa shape index (κ3) is 4.12. The first-order valence-electron chi connectivity index (χ1n) is 11.1. The van der Waals surface area contributed by atoms with Crippen molar-refractivity contribution in [2.24, 2.45) is 4.99 Å². The number of aromatic nitrogens is 4. The second-order valence-electron chi connectivity index (χ2n) is 8.64. The van der Waals surface area contributed by atoms with Crippen molar-refractivity contribution in [2.45, 2.75) is 26.7 Å². The molecule has 4 N–H and O–H groups in total. The number of aryl methyl sites for hydroxylation is 2. The van der Waals surface area contributed by atoms with Crippen LogP contribution in [0.5, 0.6) is 5.88 Å². The number of nitrogens with one attached hydrogen (secondary N) is 3. The van der Waals surface area contributed by atoms with Crippen molar-refractivity contribution in [3.8, 4) is 11.6 Å². The van der Waals surface area contributed by atoms with E-state index in [-0.39, 0.29) is 11.3 Å². The first kappa shape index (κ1) is 22.9. The second-order valence-corrected chi connectivity index (χ2v) is 9.49. The van der Waals surface area contributed by atoms with E-state index in [4.69, 9.17) is 0 Å². The molecule has 1 fully saturated rings. The third-order valence-corrected chi connectivity index (χ3v) is 7.08. The van der Waals surface area contributed by atoms with Gasteiger partial charge in [0.05, 0.1) is 28.1 Å². The Labute approximate surface area is 207 Å². The van der Waals surface area contributed by atoms with Crippen molar-refractivity contribution in [3.63, 3.8) is 0 Å². The summed E-state index contributed by atoms with van der Waals surface area (Å²) >= 11 is 3.46. The van der Waals surface area contributed by atoms with Gasteiger partial charge in [-0.05, 0) is 62.1 Å². The fraction of sp³-hybridized carbons (Fsp3) is 0.250. The van der Waals surface area contributed by atoms with Crippen LogP contribution < -0.4 is 21.8 Å². The smallest absolute Gasteiger partial charge is 0.335 e. The van der Waals surface area contributed by atoms with Crippen LogP contribution in [0.25, 0.3) is 16.7 Å². The lowest BCUT2D eigenvalue weighted by Gasteiger charge is -2.19. The zero-order valence-electron chi connectivity index (χ0n) is 19.1. The molecule has 180 valence electrons. The largest absolute Gasteiger partial charge is 0.493 e. The number of halogens is 1. The summed E-state index contributed by atoms with van der Waals surface area (Å²) in [5.74, 6) is -0.508. The van der Waals surface area contributed by atoms with Gasteiger partial charge in [-0.15, -0.1) is 0 Å². The maximum absolute atomic E-state index is 12.7. The van der Waals surface area contributed by atoms with Crippen LogP contribution in [0.1, 0.15) is 29.5 Å². The Morgan fingerprint density at radius 2 is 1.63 bits per heavy atom. The molecule has 10 nitrogen and oxygen atoms in total. The number of anilines is 1. The lowest BCUT2D eigenvalue weighted by molar-refractivity contribution is 0.430. The molecule has 0 spiro atoms. The molecule has 1 saturated heterocycles. The van der Waals surface area contributed by atoms with Crippen LogP contribution >= 0.6 is 15.9 Å². The summed E-state index contributed by atoms with van der Waals surface area (Å²) in [6, 6.07) is 7.16. The second kappa shape index (κ2) is 8.73. The van der Waals surface area contributed by atoms with Gasteiger partial charge in [-0.3, -0.25) is 14.8 Å². The van der Waals surface area contributed by atoms with Gasteiger partial charge >= 0.3 is 11.4 Å². The summed E-state index contributed by atoms with van der Waals surface area (Å²) in [5, 5.41) is 11.0. The number of hydrogen-bond acceptors (Lipinski definition) is 6. The number of imidazole rings is 1. The monoisotopic (exact) mass is 538 g/mol. The molecule has 0 amide bonds. The minimum Gasteiger partial charge on any atom is -0.493 e. The Morgan fingerprint density at radius 1 is 0.943 bits per heavy atom. The minimum absolute atomic E-state index is 0.153. The zero-order chi connectivity index (χ0) is 24.9. The number of fused-ring (bicyclic) bond motifs is 1. The van der Waals surface area contributed by atoms with Gasteiger partial charge in [-0.25, -0.2) is 14.2 Å². The Balaban J connectivity index is 1.66. The quantitative estimate of drug-likeness (QED) is 0.295. The highest BCUT2D eigenvalue weighted by atomic mass is 79.9. The van der Waals surface area contributed by atoms with E-state index in [1.165, 1.54) is 6.21 Å². The third-order valence-electron chi connectivity index (χ3n) is 6.23. The molecule has 0 saturated carbocycles. The van der Waals surface area contributed by atoms with E-state index in [9.17, 15) is 19.5 Å². The molecule has 2 aromatic heterocycles. The maximum Gasteiger partial charge on any atom is 0.335 e. The van der Waals surface area contributed by atoms with E-state index < -0.39 is 17.1 Å². The van der Waals surface area contributed by atoms with Gasteiger partial charge in [0.15, 0.2) is 0 Å². The molecule has 0 unspecified atom stereocenters. The first-order valence-corrected chi connectivity index (χ1v) is 11.9. The summed E-state index contributed by atoms with van der Waals surface area (Å²) < 4.78 is 1.93. The van der Waals surface area contributed by atoms with Crippen LogP contribution in [-0.4, -0.2) is 43.9 Å². The fourth-order valence-electron chi connectivity index (χ4n) is 4.39. The fourth-order valence-corrected chi connectivity index (χ4v) is 4.85. The van der Waals surface area contributed by atoms with E-state index in [1.54, 1.807) is 19.1 Å². The zero-order valence-corrected chi connectivity index (χ0v) is 20.7. The molecule has 2 aromatic carbocycles. The Morgan fingerprint density at radius 3 is 2.34 bits per heavy atom. The summed E-state index contributed by atoms with van der Waals surface area (Å²) in [5.41, 5.74) is 2.64. The highest BCUT2D eigenvalue weighted by molar-refractivity contribution is 9.10. The topological polar surface area (TPSA) is 139 Å². The molecule has 3 heterocycles. The number of benzene rings is 2. The summed E-state index contributed by atoms with van der Waals surface area (Å²) in [7, 11) is 0. The van der Waals surface area contributed by atoms with Gasteiger partial charge in [0.2, 0.25) is 5.88 Å². The van der Waals surface area contributed by atoms with Crippen LogP contribution in [0.2, 0.25) is 0 Å². The average molecular weight is 539 g/mol. The summed E-state index contributed by atoms with van der Waals surface area (Å²) in [4.78, 5) is 51.5. The van der Waals surface area contributed by atoms with E-state index in [0.29, 0.717) is 22.4 Å². The molecule has 1 aliphatic heterocycles. The molecular weight excluding hydrogens is 516 g/mol. The SMILES string of the molecule is Cc1cc(-n2c(O)c(C=Nc3cc4[nH]c(=O)[nH]c4cc3N3CCCC3)c(=O)[nH]c2=O)c(C)cc1Br. The Bertz CT molecular complexity index is 1670. The number of aromatic amines is 3. The normalized spacial score (nSPS) is 14.0. The predicted molar refractivity (Wildman–Crippen MR) is 139 cm³/mol. The molecule has 1 aliphatic rings. The number of H-pyrrole nitrogens is 3. The van der Waals surface area contributed by atoms with Crippen LogP contribution in [0.4, 0.5) is 11.4 Å². The van der Waals surface area contributed by atoms with Gasteiger partial charge in [-0.2, -0.15) is 0 Å². The number of hydrogen-bond donors (Lipinski definition) is 4. The van der Waals surface area contributed by atoms with Crippen molar-refractivity contribution in [1.82, 2.24) is 19.5 Å². The molecule has 5 rings (SSSR count). The summed E-state index contributed by atoms with van der Waals surface area (Å²) in [6.07, 6.45) is 3.33. The average Bonchev–Trinajstić information content (AvgIpc) is 3.45. The predicted octanol–water partition coefficient (Wildman–Crippen LogP) is 3.13. The molecule has 0 bridgehead atoms. The molecule has 4 aromatic rings. The van der Waals surface area contributed by atoms with Crippen molar-refractivity contribution in [1.29, 1.82) is 0 Å². The Hall–Kier alpha value is -3.86. The number of rotatable bonds is 4. The van der Waals surface area contributed by atoms with Gasteiger partial charge in [-0.1, -0.05) is 15.9 Å². The van der Waals surface area contributed by atoms with E-state index >= 15 is 0 Å². The summed E-state index contributed by atoms with van der Waals surface area (Å²) in [6.45, 7) is 5.37. The van der Waals surface area contributed by atoms with Crippen LogP contribution in [0.3, 0.4) is 0 Å². The molecular formula is C24H23BrN6O4. The number of nitrogens with zero attached hydrogens (tertiary/aromatic N) is 3. The minimum atomic E-state index is -0.752. The standard InChI is InChI=1S/C24H23BrN6O4/c1-12-8-19(13(2)7-15(12)25)31-22(33)14(21(32)29-24(31)35)11-26-18-9-16-17(28-23(34)27-16)10-20(18)30-5-3-4-6-30/h7-11,33H,3-6H2,1-2H3,(H2,27,28,34)(H,29,32,35). The van der Waals surface area contributed by atoms with Crippen molar-refractivity contribution < 1.29 is 5.11 Å². The van der Waals surface area contributed by atoms with E-state index in [2.05, 4.69) is 40.8 Å². The van der Waals surface area contributed by atoms with Crippen LogP contribution in [0, 0.1) is 13.8 Å². The maximum atomic E-state index is 12.7. The number of aliphatic imine (C=N–C) groups is 1. The lowest BCUT2D eigenvalue weighted by Crippen LogP contribution is -2.31. The van der Waals surface area contributed by atoms with E-state index in [0.717, 1.165) is 51.8 Å².